The topological polar surface area (TPSA) is 9.72 Å². The zero-order chi connectivity index (χ0) is 17.1. The average Bonchev–Trinajstić information content (AvgIpc) is 2.37. The minimum atomic E-state index is -4.41. The van der Waals surface area contributed by atoms with E-state index in [9.17, 15) is 13.2 Å². The standard InChI is InChI=1S/C15H24F3N3P/c1-19(2)22(20(3)4,21(5)6)12-14(15(16,17)18)13-10-8-7-9-11-13/h7-12H,1-6H3/q+1/b14-12-. The van der Waals surface area contributed by atoms with Crippen LogP contribution in [-0.2, 0) is 0 Å². The second-order valence-corrected chi connectivity index (χ2v) is 9.45. The molecule has 1 aromatic carbocycles. The van der Waals surface area contributed by atoms with Crippen LogP contribution in [0.2, 0.25) is 0 Å². The van der Waals surface area contributed by atoms with Gasteiger partial charge < -0.3 is 0 Å². The van der Waals surface area contributed by atoms with Gasteiger partial charge in [0.15, 0.2) is 0 Å². The van der Waals surface area contributed by atoms with Crippen molar-refractivity contribution in [1.29, 1.82) is 0 Å². The monoisotopic (exact) mass is 334 g/mol. The second-order valence-electron chi connectivity index (χ2n) is 5.56. The molecule has 0 radical (unpaired) electrons. The molecule has 1 aromatic rings. The molecule has 7 heteroatoms. The molecular formula is C15H24F3N3P+. The van der Waals surface area contributed by atoms with Gasteiger partial charge in [0.2, 0.25) is 0 Å². The molecule has 0 amide bonds. The van der Waals surface area contributed by atoms with Crippen molar-refractivity contribution in [3.05, 3.63) is 41.7 Å². The molecule has 0 spiro atoms. The Hall–Kier alpha value is -0.940. The minimum absolute atomic E-state index is 0.185. The van der Waals surface area contributed by atoms with Crippen LogP contribution in [0, 0.1) is 0 Å². The lowest BCUT2D eigenvalue weighted by atomic mass is 10.1. The molecule has 0 bridgehead atoms. The lowest BCUT2D eigenvalue weighted by molar-refractivity contribution is -0.0688. The van der Waals surface area contributed by atoms with E-state index in [4.69, 9.17) is 0 Å². The molecule has 0 saturated heterocycles. The average molecular weight is 334 g/mol. The van der Waals surface area contributed by atoms with Crippen LogP contribution < -0.4 is 0 Å². The van der Waals surface area contributed by atoms with E-state index >= 15 is 0 Å². The first-order valence-electron chi connectivity index (χ1n) is 6.81. The largest absolute Gasteiger partial charge is 0.420 e. The van der Waals surface area contributed by atoms with Gasteiger partial charge in [0.25, 0.3) is 7.71 Å². The number of halogens is 3. The number of hydrogen-bond donors (Lipinski definition) is 0. The lowest BCUT2D eigenvalue weighted by Gasteiger charge is -2.38. The normalized spacial score (nSPS) is 14.3. The van der Waals surface area contributed by atoms with E-state index in [0.717, 1.165) is 0 Å². The number of allylic oxidation sites excluding steroid dienone is 1. The van der Waals surface area contributed by atoms with Crippen LogP contribution in [0.25, 0.3) is 5.57 Å². The highest BCUT2D eigenvalue weighted by molar-refractivity contribution is 7.72. The summed E-state index contributed by atoms with van der Waals surface area (Å²) in [5.74, 6) is 1.38. The van der Waals surface area contributed by atoms with Crippen molar-refractivity contribution in [3.8, 4) is 0 Å². The van der Waals surface area contributed by atoms with E-state index in [0.29, 0.717) is 0 Å². The highest BCUT2D eigenvalue weighted by Gasteiger charge is 2.49. The Morgan fingerprint density at radius 3 is 1.59 bits per heavy atom. The molecule has 124 valence electrons. The molecule has 1 rings (SSSR count). The fourth-order valence-corrected chi connectivity index (χ4v) is 6.00. The molecule has 0 atom stereocenters. The summed E-state index contributed by atoms with van der Waals surface area (Å²) >= 11 is 0. The lowest BCUT2D eigenvalue weighted by Crippen LogP contribution is -2.35. The number of alkyl halides is 3. The van der Waals surface area contributed by atoms with Gasteiger partial charge in [0.05, 0.1) is 0 Å². The van der Waals surface area contributed by atoms with Crippen LogP contribution in [0.1, 0.15) is 5.56 Å². The molecule has 0 N–H and O–H groups in total. The molecule has 0 fully saturated rings. The van der Waals surface area contributed by atoms with E-state index < -0.39 is 19.5 Å². The molecule has 22 heavy (non-hydrogen) atoms. The van der Waals surface area contributed by atoms with Crippen LogP contribution in [0.4, 0.5) is 13.2 Å². The van der Waals surface area contributed by atoms with Crippen LogP contribution in [0.5, 0.6) is 0 Å². The third kappa shape index (κ3) is 3.87. The maximum absolute atomic E-state index is 13.6. The van der Waals surface area contributed by atoms with Gasteiger partial charge >= 0.3 is 6.18 Å². The van der Waals surface area contributed by atoms with Crippen molar-refractivity contribution in [2.24, 2.45) is 0 Å². The number of hydrogen-bond acceptors (Lipinski definition) is 3. The predicted octanol–water partition coefficient (Wildman–Crippen LogP) is 4.04. The maximum Gasteiger partial charge on any atom is 0.420 e. The van der Waals surface area contributed by atoms with Crippen LogP contribution in [-0.4, -0.2) is 62.5 Å². The summed E-state index contributed by atoms with van der Waals surface area (Å²) in [6.07, 6.45) is -4.41. The summed E-state index contributed by atoms with van der Waals surface area (Å²) in [5.41, 5.74) is -0.414. The summed E-state index contributed by atoms with van der Waals surface area (Å²) < 4.78 is 46.4. The first-order chi connectivity index (χ1) is 10.0. The zero-order valence-electron chi connectivity index (χ0n) is 13.9. The van der Waals surface area contributed by atoms with Gasteiger partial charge in [0, 0.05) is 42.3 Å². The molecule has 0 aliphatic heterocycles. The fraction of sp³-hybridized carbons (Fsp3) is 0.467. The van der Waals surface area contributed by atoms with Gasteiger partial charge in [-0.2, -0.15) is 27.2 Å². The van der Waals surface area contributed by atoms with Crippen molar-refractivity contribution in [2.45, 2.75) is 6.18 Å². The Morgan fingerprint density at radius 1 is 0.864 bits per heavy atom. The van der Waals surface area contributed by atoms with Crippen LogP contribution in [0.15, 0.2) is 36.1 Å². The van der Waals surface area contributed by atoms with Crippen molar-refractivity contribution in [3.63, 3.8) is 0 Å². The molecule has 0 aromatic heterocycles. The molecule has 0 unspecified atom stereocenters. The fourth-order valence-electron chi connectivity index (χ4n) is 2.52. The summed E-state index contributed by atoms with van der Waals surface area (Å²) in [5, 5.41) is 0. The van der Waals surface area contributed by atoms with E-state index in [-0.39, 0.29) is 5.56 Å². The van der Waals surface area contributed by atoms with E-state index in [1.807, 2.05) is 56.3 Å². The Bertz CT molecular complexity index is 489. The molecular weight excluding hydrogens is 310 g/mol. The smallest absolute Gasteiger partial charge is 0.166 e. The SMILES string of the molecule is CN(C)[P+](/C=C(/c1ccccc1)C(F)(F)F)(N(C)C)N(C)C. The Labute approximate surface area is 131 Å². The third-order valence-electron chi connectivity index (χ3n) is 3.46. The molecule has 0 aliphatic carbocycles. The first kappa shape index (κ1) is 19.1. The van der Waals surface area contributed by atoms with Gasteiger partial charge in [-0.15, -0.1) is 0 Å². The van der Waals surface area contributed by atoms with Gasteiger partial charge in [-0.25, -0.2) is 0 Å². The van der Waals surface area contributed by atoms with Crippen molar-refractivity contribution >= 4 is 13.3 Å². The summed E-state index contributed by atoms with van der Waals surface area (Å²) in [6, 6.07) is 7.94. The second kappa shape index (κ2) is 7.09. The minimum Gasteiger partial charge on any atom is -0.166 e. The zero-order valence-corrected chi connectivity index (χ0v) is 14.8. The highest BCUT2D eigenvalue weighted by atomic mass is 31.2. The Morgan fingerprint density at radius 2 is 1.27 bits per heavy atom. The van der Waals surface area contributed by atoms with Gasteiger partial charge in [-0.1, -0.05) is 30.3 Å². The van der Waals surface area contributed by atoms with Gasteiger partial charge in [-0.3, -0.25) is 0 Å². The Balaban J connectivity index is 3.60. The molecule has 0 saturated carbocycles. The predicted molar refractivity (Wildman–Crippen MR) is 88.5 cm³/mol. The summed E-state index contributed by atoms with van der Waals surface area (Å²) in [6.45, 7) is 0. The Kier molecular flexibility index (Phi) is 6.16. The first-order valence-corrected chi connectivity index (χ1v) is 8.52. The summed E-state index contributed by atoms with van der Waals surface area (Å²) in [7, 11) is 8.44. The molecule has 0 heterocycles. The van der Waals surface area contributed by atoms with Crippen LogP contribution >= 0.6 is 7.71 Å². The van der Waals surface area contributed by atoms with Gasteiger partial charge in [0.1, 0.15) is 11.4 Å². The highest BCUT2D eigenvalue weighted by Crippen LogP contribution is 2.66. The number of nitrogens with zero attached hydrogens (tertiary/aromatic N) is 3. The summed E-state index contributed by atoms with van der Waals surface area (Å²) in [4.78, 5) is 0. The van der Waals surface area contributed by atoms with Gasteiger partial charge in [-0.05, 0) is 5.56 Å². The van der Waals surface area contributed by atoms with E-state index in [1.54, 1.807) is 18.2 Å². The van der Waals surface area contributed by atoms with Crippen molar-refractivity contribution < 1.29 is 13.2 Å². The van der Waals surface area contributed by atoms with E-state index in [1.165, 1.54) is 17.9 Å². The van der Waals surface area contributed by atoms with Crippen molar-refractivity contribution in [1.82, 2.24) is 14.0 Å². The maximum atomic E-state index is 13.6. The number of rotatable bonds is 5. The number of benzene rings is 1. The quantitative estimate of drug-likeness (QED) is 0.753. The van der Waals surface area contributed by atoms with E-state index in [2.05, 4.69) is 0 Å². The molecule has 0 aliphatic rings. The van der Waals surface area contributed by atoms with Crippen molar-refractivity contribution in [2.75, 3.05) is 42.3 Å². The van der Waals surface area contributed by atoms with Crippen LogP contribution in [0.3, 0.4) is 0 Å². The molecule has 3 nitrogen and oxygen atoms in total. The third-order valence-corrected chi connectivity index (χ3v) is 7.60.